The van der Waals surface area contributed by atoms with Crippen LogP contribution in [0.4, 0.5) is 5.69 Å². The summed E-state index contributed by atoms with van der Waals surface area (Å²) in [6, 6.07) is 7.48. The summed E-state index contributed by atoms with van der Waals surface area (Å²) in [5.74, 6) is 0.885. The maximum atomic E-state index is 12.5. The molecule has 0 bridgehead atoms. The van der Waals surface area contributed by atoms with Gasteiger partial charge in [-0.15, -0.1) is 0 Å². The second kappa shape index (κ2) is 9.30. The van der Waals surface area contributed by atoms with Gasteiger partial charge in [0.1, 0.15) is 5.75 Å². The highest BCUT2D eigenvalue weighted by Gasteiger charge is 2.27. The van der Waals surface area contributed by atoms with E-state index in [0.717, 1.165) is 25.7 Å². The number of unbranched alkanes of at least 4 members (excludes halogenated alkanes) is 1. The fourth-order valence-electron chi connectivity index (χ4n) is 2.96. The lowest BCUT2D eigenvalue weighted by Crippen LogP contribution is -2.41. The predicted molar refractivity (Wildman–Crippen MR) is 95.1 cm³/mol. The molecule has 1 N–H and O–H groups in total. The Bertz CT molecular complexity index is 551. The number of carbonyl (C=O) groups excluding carboxylic acids is 2. The van der Waals surface area contributed by atoms with E-state index < -0.39 is 0 Å². The van der Waals surface area contributed by atoms with Crippen LogP contribution in [-0.2, 0) is 9.59 Å². The number of piperidine rings is 1. The molecule has 0 saturated carbocycles. The van der Waals surface area contributed by atoms with Gasteiger partial charge in [-0.05, 0) is 38.3 Å². The first kappa shape index (κ1) is 18.3. The van der Waals surface area contributed by atoms with E-state index in [1.165, 1.54) is 0 Å². The highest BCUT2D eigenvalue weighted by Crippen LogP contribution is 2.26. The molecule has 1 saturated heterocycles. The smallest absolute Gasteiger partial charge is 0.227 e. The Morgan fingerprint density at radius 1 is 1.21 bits per heavy atom. The summed E-state index contributed by atoms with van der Waals surface area (Å²) >= 11 is 0. The van der Waals surface area contributed by atoms with Crippen LogP contribution < -0.4 is 10.1 Å². The van der Waals surface area contributed by atoms with Crippen molar-refractivity contribution in [3.63, 3.8) is 0 Å². The number of rotatable bonds is 7. The predicted octanol–water partition coefficient (Wildman–Crippen LogP) is 3.45. The molecule has 1 aliphatic heterocycles. The van der Waals surface area contributed by atoms with E-state index in [1.54, 1.807) is 0 Å². The molecule has 5 heteroatoms. The van der Waals surface area contributed by atoms with Gasteiger partial charge >= 0.3 is 0 Å². The Kier molecular flexibility index (Phi) is 7.09. The van der Waals surface area contributed by atoms with Crippen LogP contribution in [0, 0.1) is 5.92 Å². The second-order valence-corrected chi connectivity index (χ2v) is 6.18. The summed E-state index contributed by atoms with van der Waals surface area (Å²) in [6.07, 6.45) is 4.04. The van der Waals surface area contributed by atoms with Crippen LogP contribution in [0.5, 0.6) is 5.75 Å². The van der Waals surface area contributed by atoms with E-state index in [2.05, 4.69) is 12.2 Å². The summed E-state index contributed by atoms with van der Waals surface area (Å²) < 4.78 is 5.54. The Balaban J connectivity index is 1.86. The number of nitrogens with zero attached hydrogens (tertiary/aromatic N) is 1. The molecule has 0 unspecified atom stereocenters. The van der Waals surface area contributed by atoms with Gasteiger partial charge in [0.25, 0.3) is 0 Å². The molecule has 5 nitrogen and oxygen atoms in total. The number of amides is 2. The molecule has 132 valence electrons. The molecular weight excluding hydrogens is 304 g/mol. The molecule has 1 aromatic rings. The van der Waals surface area contributed by atoms with Gasteiger partial charge in [-0.1, -0.05) is 25.5 Å². The van der Waals surface area contributed by atoms with Crippen molar-refractivity contribution in [2.75, 3.05) is 25.0 Å². The molecule has 24 heavy (non-hydrogen) atoms. The minimum atomic E-state index is -0.0464. The number of hydrogen-bond acceptors (Lipinski definition) is 3. The second-order valence-electron chi connectivity index (χ2n) is 6.18. The fourth-order valence-corrected chi connectivity index (χ4v) is 2.96. The summed E-state index contributed by atoms with van der Waals surface area (Å²) in [7, 11) is 0. The van der Waals surface area contributed by atoms with Crippen LogP contribution in [0.3, 0.4) is 0 Å². The lowest BCUT2D eigenvalue weighted by atomic mass is 9.95. The molecule has 0 aliphatic carbocycles. The number of ether oxygens (including phenoxy) is 1. The van der Waals surface area contributed by atoms with Crippen LogP contribution in [-0.4, -0.2) is 36.4 Å². The zero-order valence-corrected chi connectivity index (χ0v) is 14.7. The van der Waals surface area contributed by atoms with Gasteiger partial charge in [0.05, 0.1) is 12.3 Å². The lowest BCUT2D eigenvalue weighted by molar-refractivity contribution is -0.134. The van der Waals surface area contributed by atoms with Gasteiger partial charge in [-0.3, -0.25) is 9.59 Å². The maximum Gasteiger partial charge on any atom is 0.227 e. The van der Waals surface area contributed by atoms with Crippen molar-refractivity contribution < 1.29 is 14.3 Å². The zero-order chi connectivity index (χ0) is 17.4. The normalized spacial score (nSPS) is 15.2. The van der Waals surface area contributed by atoms with Gasteiger partial charge in [0, 0.05) is 25.4 Å². The number of nitrogens with one attached hydrogen (secondary N) is 1. The van der Waals surface area contributed by atoms with Crippen molar-refractivity contribution in [3.8, 4) is 5.75 Å². The SMILES string of the molecule is CCCCC(=O)N1CCC(C(=O)Nc2ccccc2OCC)CC1. The van der Waals surface area contributed by atoms with Crippen LogP contribution >= 0.6 is 0 Å². The summed E-state index contributed by atoms with van der Waals surface area (Å²) in [4.78, 5) is 26.4. The number of anilines is 1. The van der Waals surface area contributed by atoms with Gasteiger partial charge in [-0.2, -0.15) is 0 Å². The van der Waals surface area contributed by atoms with Crippen molar-refractivity contribution in [1.82, 2.24) is 4.90 Å². The number of benzene rings is 1. The quantitative estimate of drug-likeness (QED) is 0.832. The molecule has 2 amide bonds. The standard InChI is InChI=1S/C19H28N2O3/c1-3-5-10-18(22)21-13-11-15(12-14-21)19(23)20-16-8-6-7-9-17(16)24-4-2/h6-9,15H,3-5,10-14H2,1-2H3,(H,20,23). The van der Waals surface area contributed by atoms with Crippen LogP contribution in [0.1, 0.15) is 46.0 Å². The molecule has 0 spiro atoms. The van der Waals surface area contributed by atoms with Crippen molar-refractivity contribution in [1.29, 1.82) is 0 Å². The number of para-hydroxylation sites is 2. The molecule has 2 rings (SSSR count). The Hall–Kier alpha value is -2.04. The third kappa shape index (κ3) is 4.98. The molecule has 0 atom stereocenters. The van der Waals surface area contributed by atoms with Crippen molar-refractivity contribution in [2.24, 2.45) is 5.92 Å². The Labute approximate surface area is 144 Å². The first-order valence-electron chi connectivity index (χ1n) is 8.96. The van der Waals surface area contributed by atoms with Gasteiger partial charge in [-0.25, -0.2) is 0 Å². The Morgan fingerprint density at radius 3 is 2.58 bits per heavy atom. The molecule has 0 radical (unpaired) electrons. The third-order valence-corrected chi connectivity index (χ3v) is 4.41. The van der Waals surface area contributed by atoms with Crippen molar-refractivity contribution >= 4 is 17.5 Å². The largest absolute Gasteiger partial charge is 0.492 e. The van der Waals surface area contributed by atoms with Gasteiger partial charge in [0.15, 0.2) is 0 Å². The topological polar surface area (TPSA) is 58.6 Å². The monoisotopic (exact) mass is 332 g/mol. The average Bonchev–Trinajstić information content (AvgIpc) is 2.61. The first-order chi connectivity index (χ1) is 11.7. The minimum absolute atomic E-state index is 0.0165. The lowest BCUT2D eigenvalue weighted by Gasteiger charge is -2.31. The van der Waals surface area contributed by atoms with Crippen molar-refractivity contribution in [3.05, 3.63) is 24.3 Å². The number of likely N-dealkylation sites (tertiary alicyclic amines) is 1. The van der Waals surface area contributed by atoms with E-state index in [4.69, 9.17) is 4.74 Å². The van der Waals surface area contributed by atoms with Crippen LogP contribution in [0.15, 0.2) is 24.3 Å². The highest BCUT2D eigenvalue weighted by atomic mass is 16.5. The van der Waals surface area contributed by atoms with Crippen molar-refractivity contribution in [2.45, 2.75) is 46.0 Å². The zero-order valence-electron chi connectivity index (χ0n) is 14.7. The van der Waals surface area contributed by atoms with E-state index in [1.807, 2.05) is 36.1 Å². The van der Waals surface area contributed by atoms with E-state index in [0.29, 0.717) is 37.6 Å². The van der Waals surface area contributed by atoms with Gasteiger partial charge < -0.3 is 15.0 Å². The van der Waals surface area contributed by atoms with E-state index in [9.17, 15) is 9.59 Å². The van der Waals surface area contributed by atoms with E-state index in [-0.39, 0.29) is 17.7 Å². The first-order valence-corrected chi connectivity index (χ1v) is 8.96. The third-order valence-electron chi connectivity index (χ3n) is 4.41. The van der Waals surface area contributed by atoms with Gasteiger partial charge in [0.2, 0.25) is 11.8 Å². The van der Waals surface area contributed by atoms with Crippen LogP contribution in [0.25, 0.3) is 0 Å². The maximum absolute atomic E-state index is 12.5. The molecule has 1 aromatic carbocycles. The number of carbonyl (C=O) groups is 2. The molecule has 0 aromatic heterocycles. The molecule has 1 fully saturated rings. The molecule has 1 heterocycles. The van der Waals surface area contributed by atoms with Crippen LogP contribution in [0.2, 0.25) is 0 Å². The Morgan fingerprint density at radius 2 is 1.92 bits per heavy atom. The van der Waals surface area contributed by atoms with E-state index >= 15 is 0 Å². The number of hydrogen-bond donors (Lipinski definition) is 1. The molecular formula is C19H28N2O3. The minimum Gasteiger partial charge on any atom is -0.492 e. The summed E-state index contributed by atoms with van der Waals surface area (Å²) in [5.41, 5.74) is 0.714. The summed E-state index contributed by atoms with van der Waals surface area (Å²) in [5, 5.41) is 2.98. The average molecular weight is 332 g/mol. The summed E-state index contributed by atoms with van der Waals surface area (Å²) in [6.45, 7) is 5.92. The fraction of sp³-hybridized carbons (Fsp3) is 0.579. The molecule has 1 aliphatic rings. The highest BCUT2D eigenvalue weighted by molar-refractivity contribution is 5.94.